The van der Waals surface area contributed by atoms with E-state index in [4.69, 9.17) is 0 Å². The predicted molar refractivity (Wildman–Crippen MR) is 172 cm³/mol. The van der Waals surface area contributed by atoms with Gasteiger partial charge in [-0.2, -0.15) is 0 Å². The molecule has 1 aliphatic heterocycles. The van der Waals surface area contributed by atoms with Gasteiger partial charge in [0.05, 0.1) is 24.9 Å². The molecule has 3 aromatic carbocycles. The summed E-state index contributed by atoms with van der Waals surface area (Å²) in [5.41, 5.74) is 1.25. The van der Waals surface area contributed by atoms with Crippen LogP contribution in [0.2, 0.25) is 0 Å². The van der Waals surface area contributed by atoms with Crippen LogP contribution in [0.3, 0.4) is 0 Å². The highest BCUT2D eigenvalue weighted by molar-refractivity contribution is 6.40. The number of hydrogen-bond acceptors (Lipinski definition) is 6. The number of ketones is 2. The molecule has 1 amide bonds. The number of halogens is 3. The molecule has 5 aromatic rings. The van der Waals surface area contributed by atoms with Crippen LogP contribution < -0.4 is 10.5 Å². The Bertz CT molecular complexity index is 2000. The van der Waals surface area contributed by atoms with Crippen molar-refractivity contribution in [1.82, 2.24) is 19.0 Å². The Hall–Kier alpha value is -5.78. The van der Waals surface area contributed by atoms with E-state index < -0.39 is 64.5 Å². The summed E-state index contributed by atoms with van der Waals surface area (Å²) < 4.78 is 45.6. The van der Waals surface area contributed by atoms with Gasteiger partial charge >= 0.3 is 0 Å². The molecule has 1 saturated heterocycles. The monoisotopic (exact) mass is 653 g/mol. The van der Waals surface area contributed by atoms with Crippen LogP contribution in [0.1, 0.15) is 33.5 Å². The number of piperazine rings is 1. The van der Waals surface area contributed by atoms with Crippen LogP contribution in [0, 0.1) is 17.5 Å². The van der Waals surface area contributed by atoms with E-state index in [-0.39, 0.29) is 25.2 Å². The van der Waals surface area contributed by atoms with E-state index in [1.165, 1.54) is 21.7 Å². The Morgan fingerprint density at radius 2 is 1.46 bits per heavy atom. The molecule has 0 aliphatic carbocycles. The number of rotatable bonds is 10. The summed E-state index contributed by atoms with van der Waals surface area (Å²) in [7, 11) is 0. The molecular weight excluding hydrogens is 623 g/mol. The molecule has 0 spiro atoms. The molecule has 9 nitrogen and oxygen atoms in total. The second-order valence-corrected chi connectivity index (χ2v) is 11.5. The third-order valence-electron chi connectivity index (χ3n) is 8.27. The predicted octanol–water partition coefficient (Wildman–Crippen LogP) is 4.58. The average Bonchev–Trinajstić information content (AvgIpc) is 3.63. The molecule has 0 N–H and O–H groups in total. The lowest BCUT2D eigenvalue weighted by atomic mass is 10.00. The van der Waals surface area contributed by atoms with Crippen LogP contribution >= 0.6 is 0 Å². The zero-order valence-corrected chi connectivity index (χ0v) is 25.7. The summed E-state index contributed by atoms with van der Waals surface area (Å²) in [6.45, 7) is 1.50. The topological polar surface area (TPSA) is 97.5 Å². The highest BCUT2D eigenvalue weighted by Crippen LogP contribution is 2.21. The molecule has 0 atom stereocenters. The summed E-state index contributed by atoms with van der Waals surface area (Å²) in [5, 5.41) is 0. The van der Waals surface area contributed by atoms with Crippen LogP contribution in [0.15, 0.2) is 103 Å². The smallest absolute Gasteiger partial charge is 0.290 e. The minimum Gasteiger partial charge on any atom is -0.368 e. The van der Waals surface area contributed by atoms with E-state index in [0.29, 0.717) is 30.8 Å². The maximum atomic E-state index is 14.5. The summed E-state index contributed by atoms with van der Waals surface area (Å²) in [6, 6.07) is 19.0. The first kappa shape index (κ1) is 32.2. The lowest BCUT2D eigenvalue weighted by molar-refractivity contribution is -0.144. The fraction of sp³-hybridized carbons (Fsp3) is 0.194. The van der Waals surface area contributed by atoms with Crippen molar-refractivity contribution in [3.05, 3.63) is 148 Å². The van der Waals surface area contributed by atoms with Gasteiger partial charge in [-0.05, 0) is 41.5 Å². The lowest BCUT2D eigenvalue weighted by Crippen LogP contribution is -2.51. The third-order valence-corrected chi connectivity index (χ3v) is 8.27. The highest BCUT2D eigenvalue weighted by Gasteiger charge is 2.29. The molecule has 48 heavy (non-hydrogen) atoms. The molecule has 0 unspecified atom stereocenters. The minimum absolute atomic E-state index is 0.0334. The molecule has 0 bridgehead atoms. The fourth-order valence-corrected chi connectivity index (χ4v) is 5.75. The van der Waals surface area contributed by atoms with Crippen LogP contribution in [0.4, 0.5) is 18.9 Å². The molecule has 0 radical (unpaired) electrons. The SMILES string of the molecule is O=C(CC(=O)c1cc(Cc2c(F)cc(F)cc2F)cn(Cc2ccccc2)c1=O)C(=O)N1CCN(c2ccc(-n3ccnc3)cc2)CC1. The normalized spacial score (nSPS) is 13.1. The van der Waals surface area contributed by atoms with Crippen molar-refractivity contribution < 1.29 is 27.6 Å². The van der Waals surface area contributed by atoms with Crippen LogP contribution in [0.25, 0.3) is 5.69 Å². The largest absolute Gasteiger partial charge is 0.368 e. The van der Waals surface area contributed by atoms with E-state index in [9.17, 15) is 32.3 Å². The van der Waals surface area contributed by atoms with Crippen molar-refractivity contribution >= 4 is 23.2 Å². The lowest BCUT2D eigenvalue weighted by Gasteiger charge is -2.35. The van der Waals surface area contributed by atoms with Gasteiger partial charge in [0.1, 0.15) is 17.5 Å². The number of imidazole rings is 1. The quantitative estimate of drug-likeness (QED) is 0.124. The standard InChI is InChI=1S/C36H30F3N5O4/c37-26-18-31(38)29(32(39)19-26)16-25-17-30(35(47)44(22-25)21-24-4-2-1-3-5-24)33(45)20-34(46)36(48)42-14-12-41(13-15-42)27-6-8-28(9-7-27)43-11-10-40-23-43/h1-11,17-19,22-23H,12-16,20-21H2. The second-order valence-electron chi connectivity index (χ2n) is 11.5. The molecule has 1 aliphatic rings. The van der Waals surface area contributed by atoms with Gasteiger partial charge in [0.2, 0.25) is 5.78 Å². The van der Waals surface area contributed by atoms with Crippen molar-refractivity contribution in [1.29, 1.82) is 0 Å². The van der Waals surface area contributed by atoms with Crippen molar-refractivity contribution in [2.45, 2.75) is 19.4 Å². The Kier molecular flexibility index (Phi) is 9.33. The number of carbonyl (C=O) groups is 3. The number of nitrogens with zero attached hydrogens (tertiary/aromatic N) is 5. The van der Waals surface area contributed by atoms with Gasteiger partial charge in [-0.25, -0.2) is 18.2 Å². The zero-order valence-electron chi connectivity index (χ0n) is 25.7. The van der Waals surface area contributed by atoms with Crippen molar-refractivity contribution in [2.24, 2.45) is 0 Å². The summed E-state index contributed by atoms with van der Waals surface area (Å²) >= 11 is 0. The number of Topliss-reactive ketones (excluding diaryl/α,β-unsaturated/α-hetero) is 2. The number of anilines is 1. The molecular formula is C36H30F3N5O4. The van der Waals surface area contributed by atoms with Gasteiger partial charge in [0.25, 0.3) is 11.5 Å². The number of carbonyl (C=O) groups excluding carboxylic acids is 3. The number of pyridine rings is 1. The summed E-state index contributed by atoms with van der Waals surface area (Å²) in [5.74, 6) is -5.99. The van der Waals surface area contributed by atoms with E-state index in [1.807, 2.05) is 35.0 Å². The van der Waals surface area contributed by atoms with Gasteiger partial charge in [-0.1, -0.05) is 30.3 Å². The Morgan fingerprint density at radius 1 is 0.792 bits per heavy atom. The molecule has 1 fully saturated rings. The summed E-state index contributed by atoms with van der Waals surface area (Å²) in [6.07, 6.45) is 5.36. The van der Waals surface area contributed by atoms with Crippen LogP contribution in [-0.2, 0) is 22.6 Å². The van der Waals surface area contributed by atoms with Gasteiger partial charge in [0.15, 0.2) is 5.78 Å². The second kappa shape index (κ2) is 13.9. The Labute approximate surface area is 273 Å². The van der Waals surface area contributed by atoms with Gasteiger partial charge < -0.3 is 18.9 Å². The van der Waals surface area contributed by atoms with Crippen LogP contribution in [-0.4, -0.2) is 62.7 Å². The molecule has 0 saturated carbocycles. The highest BCUT2D eigenvalue weighted by atomic mass is 19.1. The summed E-state index contributed by atoms with van der Waals surface area (Å²) in [4.78, 5) is 60.5. The van der Waals surface area contributed by atoms with Gasteiger partial charge in [-0.15, -0.1) is 0 Å². The Morgan fingerprint density at radius 3 is 2.10 bits per heavy atom. The van der Waals surface area contributed by atoms with Crippen molar-refractivity contribution in [2.75, 3.05) is 31.1 Å². The van der Waals surface area contributed by atoms with E-state index in [1.54, 1.807) is 42.9 Å². The van der Waals surface area contributed by atoms with Crippen molar-refractivity contribution in [3.8, 4) is 5.69 Å². The number of amides is 1. The maximum Gasteiger partial charge on any atom is 0.290 e. The first-order valence-electron chi connectivity index (χ1n) is 15.3. The maximum absolute atomic E-state index is 14.5. The number of aromatic nitrogens is 3. The Balaban J connectivity index is 1.15. The van der Waals surface area contributed by atoms with Crippen molar-refractivity contribution in [3.63, 3.8) is 0 Å². The van der Waals surface area contributed by atoms with Gasteiger partial charge in [-0.3, -0.25) is 19.2 Å². The molecule has 2 aromatic heterocycles. The van der Waals surface area contributed by atoms with E-state index >= 15 is 0 Å². The van der Waals surface area contributed by atoms with E-state index in [0.717, 1.165) is 11.4 Å². The minimum atomic E-state index is -1.12. The van der Waals surface area contributed by atoms with Gasteiger partial charge in [0, 0.05) is 80.3 Å². The zero-order chi connectivity index (χ0) is 33.8. The number of hydrogen-bond donors (Lipinski definition) is 0. The average molecular weight is 654 g/mol. The van der Waals surface area contributed by atoms with Crippen LogP contribution in [0.5, 0.6) is 0 Å². The first-order valence-corrected chi connectivity index (χ1v) is 15.3. The fourth-order valence-electron chi connectivity index (χ4n) is 5.75. The molecule has 12 heteroatoms. The third kappa shape index (κ3) is 7.12. The molecule has 6 rings (SSSR count). The van der Waals surface area contributed by atoms with E-state index in [2.05, 4.69) is 9.88 Å². The molecule has 3 heterocycles. The number of benzene rings is 3. The first-order chi connectivity index (χ1) is 23.2. The molecule has 244 valence electrons.